The van der Waals surface area contributed by atoms with Crippen LogP contribution >= 0.6 is 22.6 Å². The Kier molecular flexibility index (Phi) is 7.94. The van der Waals surface area contributed by atoms with Gasteiger partial charge in [-0.3, -0.25) is 4.79 Å². The molecule has 0 heterocycles. The van der Waals surface area contributed by atoms with Gasteiger partial charge in [0.1, 0.15) is 12.4 Å². The monoisotopic (exact) mass is 598 g/mol. The lowest BCUT2D eigenvalue weighted by Crippen LogP contribution is -2.10. The maximum atomic E-state index is 13.9. The van der Waals surface area contributed by atoms with Crippen molar-refractivity contribution in [3.05, 3.63) is 122 Å². The minimum Gasteiger partial charge on any atom is -0.488 e. The van der Waals surface area contributed by atoms with Crippen LogP contribution in [0.1, 0.15) is 38.2 Å². The fourth-order valence-corrected chi connectivity index (χ4v) is 4.47. The Morgan fingerprint density at radius 1 is 0.833 bits per heavy atom. The third-order valence-corrected chi connectivity index (χ3v) is 6.91. The molecule has 182 valence electrons. The van der Waals surface area contributed by atoms with Crippen LogP contribution in [0.2, 0.25) is 0 Å². The topological polar surface area (TPSA) is 26.3 Å². The van der Waals surface area contributed by atoms with E-state index in [0.29, 0.717) is 6.29 Å². The van der Waals surface area contributed by atoms with E-state index in [1.54, 1.807) is 6.08 Å². The number of rotatable bonds is 7. The Labute approximate surface area is 221 Å². The number of aldehydes is 1. The van der Waals surface area contributed by atoms with Gasteiger partial charge in [-0.05, 0) is 75.5 Å². The number of hydrogen-bond donors (Lipinski definition) is 0. The predicted molar refractivity (Wildman–Crippen MR) is 146 cm³/mol. The average molecular weight is 598 g/mol. The van der Waals surface area contributed by atoms with E-state index in [0.717, 1.165) is 37.5 Å². The van der Waals surface area contributed by atoms with E-state index in [4.69, 9.17) is 4.74 Å². The lowest BCUT2D eigenvalue weighted by atomic mass is 9.95. The third kappa shape index (κ3) is 5.87. The lowest BCUT2D eigenvalue weighted by molar-refractivity contribution is -0.137. The van der Waals surface area contributed by atoms with E-state index in [9.17, 15) is 18.0 Å². The van der Waals surface area contributed by atoms with E-state index in [2.05, 4.69) is 22.6 Å². The van der Waals surface area contributed by atoms with Gasteiger partial charge in [0.2, 0.25) is 0 Å². The first-order valence-electron chi connectivity index (χ1n) is 11.2. The summed E-state index contributed by atoms with van der Waals surface area (Å²) in [5, 5.41) is 0. The number of carbonyl (C=O) groups is 1. The highest BCUT2D eigenvalue weighted by atomic mass is 127. The summed E-state index contributed by atoms with van der Waals surface area (Å²) < 4.78 is 48.5. The summed E-state index contributed by atoms with van der Waals surface area (Å²) in [5.41, 5.74) is 3.55. The molecule has 0 aliphatic rings. The zero-order valence-electron chi connectivity index (χ0n) is 19.4. The van der Waals surface area contributed by atoms with Crippen LogP contribution in [0, 0.1) is 10.5 Å². The zero-order valence-corrected chi connectivity index (χ0v) is 21.5. The molecule has 0 bridgehead atoms. The minimum atomic E-state index is -4.63. The minimum absolute atomic E-state index is 0.0737. The zero-order chi connectivity index (χ0) is 25.7. The fourth-order valence-electron chi connectivity index (χ4n) is 3.93. The third-order valence-electron chi connectivity index (χ3n) is 5.86. The largest absolute Gasteiger partial charge is 0.488 e. The molecule has 0 fully saturated rings. The van der Waals surface area contributed by atoms with Crippen molar-refractivity contribution < 1.29 is 22.7 Å². The molecule has 0 radical (unpaired) electrons. The normalized spacial score (nSPS) is 11.6. The molecule has 0 aliphatic carbocycles. The molecule has 0 aromatic heterocycles. The smallest absolute Gasteiger partial charge is 0.417 e. The fraction of sp³-hybridized carbons (Fsp3) is 0.100. The first-order valence-corrected chi connectivity index (χ1v) is 12.3. The van der Waals surface area contributed by atoms with Gasteiger partial charge in [-0.15, -0.1) is 0 Å². The Balaban J connectivity index is 1.73. The maximum absolute atomic E-state index is 13.9. The van der Waals surface area contributed by atoms with Crippen LogP contribution in [0.4, 0.5) is 13.2 Å². The van der Waals surface area contributed by atoms with Gasteiger partial charge in [0, 0.05) is 9.13 Å². The number of benzene rings is 4. The summed E-state index contributed by atoms with van der Waals surface area (Å²) in [4.78, 5) is 11.6. The Morgan fingerprint density at radius 2 is 1.53 bits per heavy atom. The van der Waals surface area contributed by atoms with Gasteiger partial charge in [0.05, 0.1) is 11.1 Å². The van der Waals surface area contributed by atoms with E-state index in [1.807, 2.05) is 79.7 Å². The van der Waals surface area contributed by atoms with E-state index in [-0.39, 0.29) is 23.5 Å². The van der Waals surface area contributed by atoms with Crippen molar-refractivity contribution >= 4 is 41.0 Å². The molecule has 0 unspecified atom stereocenters. The summed E-state index contributed by atoms with van der Waals surface area (Å²) >= 11 is 2.16. The second-order valence-corrected chi connectivity index (χ2v) is 9.35. The molecular formula is C30H22F3IO2. The van der Waals surface area contributed by atoms with Crippen molar-refractivity contribution in [1.82, 2.24) is 0 Å². The molecule has 0 N–H and O–H groups in total. The van der Waals surface area contributed by atoms with E-state index >= 15 is 0 Å². The summed E-state index contributed by atoms with van der Waals surface area (Å²) in [7, 11) is 0. The molecular weight excluding hydrogens is 576 g/mol. The Hall–Kier alpha value is -3.39. The van der Waals surface area contributed by atoms with Crippen LogP contribution in [0.15, 0.2) is 84.9 Å². The molecule has 0 spiro atoms. The number of hydrogen-bond acceptors (Lipinski definition) is 2. The first kappa shape index (κ1) is 25.7. The predicted octanol–water partition coefficient (Wildman–Crippen LogP) is 8.85. The van der Waals surface area contributed by atoms with Crippen molar-refractivity contribution in [2.45, 2.75) is 19.7 Å². The van der Waals surface area contributed by atoms with Crippen LogP contribution in [-0.4, -0.2) is 6.29 Å². The van der Waals surface area contributed by atoms with Gasteiger partial charge in [-0.2, -0.15) is 13.2 Å². The Bertz CT molecular complexity index is 1410. The van der Waals surface area contributed by atoms with Gasteiger partial charge in [-0.25, -0.2) is 0 Å². The van der Waals surface area contributed by atoms with Crippen LogP contribution in [0.5, 0.6) is 5.75 Å². The number of alkyl halides is 3. The van der Waals surface area contributed by atoms with Gasteiger partial charge in [0.25, 0.3) is 0 Å². The van der Waals surface area contributed by atoms with Crippen molar-refractivity contribution in [3.63, 3.8) is 0 Å². The van der Waals surface area contributed by atoms with E-state index < -0.39 is 11.7 Å². The summed E-state index contributed by atoms with van der Waals surface area (Å²) in [5.74, 6) is 0.104. The quantitative estimate of drug-likeness (QED) is 0.121. The van der Waals surface area contributed by atoms with Gasteiger partial charge in [-0.1, -0.05) is 78.9 Å². The Morgan fingerprint density at radius 3 is 2.22 bits per heavy atom. The molecule has 0 atom stereocenters. The molecule has 0 saturated carbocycles. The van der Waals surface area contributed by atoms with E-state index in [1.165, 1.54) is 12.1 Å². The highest BCUT2D eigenvalue weighted by Crippen LogP contribution is 2.37. The molecule has 0 amide bonds. The molecule has 2 nitrogen and oxygen atoms in total. The average Bonchev–Trinajstić information content (AvgIpc) is 2.87. The molecule has 4 aromatic rings. The van der Waals surface area contributed by atoms with Crippen molar-refractivity contribution in [2.75, 3.05) is 0 Å². The first-order chi connectivity index (χ1) is 17.3. The number of ether oxygens (including phenoxy) is 1. The molecule has 0 aliphatic heterocycles. The molecule has 0 saturated heterocycles. The van der Waals surface area contributed by atoms with Gasteiger partial charge in [0.15, 0.2) is 6.29 Å². The molecule has 6 heteroatoms. The van der Waals surface area contributed by atoms with Gasteiger partial charge >= 0.3 is 6.18 Å². The second-order valence-electron chi connectivity index (χ2n) is 8.19. The number of carbonyl (C=O) groups excluding carboxylic acids is 1. The lowest BCUT2D eigenvalue weighted by Gasteiger charge is -2.16. The number of halogens is 4. The van der Waals surface area contributed by atoms with Crippen molar-refractivity contribution in [2.24, 2.45) is 0 Å². The van der Waals surface area contributed by atoms with Crippen LogP contribution in [0.25, 0.3) is 23.3 Å². The highest BCUT2D eigenvalue weighted by molar-refractivity contribution is 14.1. The van der Waals surface area contributed by atoms with Crippen LogP contribution < -0.4 is 4.74 Å². The van der Waals surface area contributed by atoms with Crippen LogP contribution in [-0.2, 0) is 12.8 Å². The summed E-state index contributed by atoms with van der Waals surface area (Å²) in [6.45, 7) is 2.07. The SMILES string of the molecule is Cc1c(/C=C/c2cc(OCc3ccccc3I)c(C=O)cc2C(F)(F)F)cccc1-c1ccccc1. The summed E-state index contributed by atoms with van der Waals surface area (Å²) in [6.07, 6.45) is -1.16. The summed E-state index contributed by atoms with van der Waals surface area (Å²) in [6, 6.07) is 25.2. The maximum Gasteiger partial charge on any atom is 0.417 e. The molecule has 36 heavy (non-hydrogen) atoms. The van der Waals surface area contributed by atoms with Crippen molar-refractivity contribution in [1.29, 1.82) is 0 Å². The van der Waals surface area contributed by atoms with Crippen molar-refractivity contribution in [3.8, 4) is 16.9 Å². The standard InChI is InChI=1S/C30H22F3IO2/c1-20-21(11-7-12-26(20)22-8-3-2-4-9-22)14-15-23-17-29(25(18-35)16-27(23)30(31,32)33)36-19-24-10-5-6-13-28(24)34/h2-18H,19H2,1H3/b15-14+. The van der Waals surface area contributed by atoms with Crippen LogP contribution in [0.3, 0.4) is 0 Å². The molecule has 4 rings (SSSR count). The molecule has 4 aromatic carbocycles. The van der Waals surface area contributed by atoms with Gasteiger partial charge < -0.3 is 4.74 Å². The highest BCUT2D eigenvalue weighted by Gasteiger charge is 2.34. The second kappa shape index (κ2) is 11.1.